The van der Waals surface area contributed by atoms with Crippen molar-refractivity contribution in [2.24, 2.45) is 0 Å². The molecule has 1 nitrogen and oxygen atoms in total. The summed E-state index contributed by atoms with van der Waals surface area (Å²) >= 11 is 0. The van der Waals surface area contributed by atoms with Crippen LogP contribution in [0.3, 0.4) is 0 Å². The van der Waals surface area contributed by atoms with Gasteiger partial charge in [-0.25, -0.2) is 0 Å². The Morgan fingerprint density at radius 1 is 1.10 bits per heavy atom. The highest BCUT2D eigenvalue weighted by molar-refractivity contribution is 5.20. The average molecular weight is 138 g/mol. The van der Waals surface area contributed by atoms with Crippen molar-refractivity contribution in [2.75, 3.05) is 0 Å². The first-order chi connectivity index (χ1) is 4.79. The van der Waals surface area contributed by atoms with Crippen molar-refractivity contribution in [1.82, 2.24) is 0 Å². The second-order valence-electron chi connectivity index (χ2n) is 2.53. The Labute approximate surface area is 62.4 Å². The summed E-state index contributed by atoms with van der Waals surface area (Å²) < 4.78 is 0. The number of hydrogen-bond donors (Lipinski definition) is 0. The fraction of sp³-hybridized carbons (Fsp3) is 0.444. The lowest BCUT2D eigenvalue weighted by molar-refractivity contribution is -0.0979. The van der Waals surface area contributed by atoms with Crippen molar-refractivity contribution in [3.05, 3.63) is 23.3 Å². The number of rotatable bonds is 0. The number of hydrogen-bond acceptors (Lipinski definition) is 1. The van der Waals surface area contributed by atoms with Crippen LogP contribution in [-0.2, 0) is 4.79 Å². The first-order valence-electron chi connectivity index (χ1n) is 3.41. The summed E-state index contributed by atoms with van der Waals surface area (Å²) in [6.45, 7) is 6.37. The van der Waals surface area contributed by atoms with Gasteiger partial charge >= 0.3 is 0 Å². The molecule has 0 amide bonds. The maximum Gasteiger partial charge on any atom is 0.106 e. The van der Waals surface area contributed by atoms with Crippen LogP contribution in [0.25, 0.3) is 0 Å². The lowest BCUT2D eigenvalue weighted by Gasteiger charge is -2.05. The lowest BCUT2D eigenvalue weighted by Crippen LogP contribution is -1.85. The van der Waals surface area contributed by atoms with E-state index in [1.54, 1.807) is 0 Å². The Kier molecular flexibility index (Phi) is 4.55. The van der Waals surface area contributed by atoms with Gasteiger partial charge in [-0.05, 0) is 26.7 Å². The molecular weight excluding hydrogens is 124 g/mol. The molecule has 0 heterocycles. The molecule has 10 heavy (non-hydrogen) atoms. The van der Waals surface area contributed by atoms with Gasteiger partial charge in [-0.2, -0.15) is 0 Å². The van der Waals surface area contributed by atoms with Crippen LogP contribution in [0.1, 0.15) is 26.7 Å². The topological polar surface area (TPSA) is 17.1 Å². The van der Waals surface area contributed by atoms with E-state index in [1.807, 2.05) is 6.79 Å². The molecule has 1 heteroatoms. The van der Waals surface area contributed by atoms with Crippen LogP contribution < -0.4 is 0 Å². The van der Waals surface area contributed by atoms with Gasteiger partial charge in [0.05, 0.1) is 0 Å². The highest BCUT2D eigenvalue weighted by Crippen LogP contribution is 2.15. The zero-order valence-electron chi connectivity index (χ0n) is 6.68. The Morgan fingerprint density at radius 3 is 1.60 bits per heavy atom. The van der Waals surface area contributed by atoms with E-state index < -0.39 is 0 Å². The number of allylic oxidation sites excluding steroid dienone is 4. The van der Waals surface area contributed by atoms with Gasteiger partial charge in [0.2, 0.25) is 0 Å². The normalized spacial score (nSPS) is 16.2. The van der Waals surface area contributed by atoms with E-state index in [1.165, 1.54) is 24.0 Å². The molecule has 1 aliphatic carbocycles. The van der Waals surface area contributed by atoms with Gasteiger partial charge in [-0.15, -0.1) is 0 Å². The van der Waals surface area contributed by atoms with Crippen LogP contribution in [0.15, 0.2) is 23.3 Å². The number of carbonyl (C=O) groups is 1. The van der Waals surface area contributed by atoms with Crippen LogP contribution in [0, 0.1) is 0 Å². The standard InChI is InChI=1S/C8H12.CH2O/c1-7-3-5-8(2)6-4-7;1-2/h3,5H,4,6H2,1-2H3;1H2. The van der Waals surface area contributed by atoms with Crippen LogP contribution in [0.4, 0.5) is 0 Å². The molecule has 0 radical (unpaired) electrons. The molecule has 0 bridgehead atoms. The van der Waals surface area contributed by atoms with Crippen molar-refractivity contribution >= 4 is 6.79 Å². The lowest BCUT2D eigenvalue weighted by atomic mass is 10.0. The maximum absolute atomic E-state index is 8.00. The summed E-state index contributed by atoms with van der Waals surface area (Å²) in [6, 6.07) is 0. The fourth-order valence-corrected chi connectivity index (χ4v) is 0.846. The van der Waals surface area contributed by atoms with Gasteiger partial charge in [0.1, 0.15) is 6.79 Å². The Bertz CT molecular complexity index is 136. The molecule has 0 N–H and O–H groups in total. The summed E-state index contributed by atoms with van der Waals surface area (Å²) in [6.07, 6.45) is 6.95. The molecule has 0 aliphatic heterocycles. The summed E-state index contributed by atoms with van der Waals surface area (Å²) in [5.74, 6) is 0. The van der Waals surface area contributed by atoms with Crippen molar-refractivity contribution in [3.63, 3.8) is 0 Å². The monoisotopic (exact) mass is 138 g/mol. The predicted octanol–water partition coefficient (Wildman–Crippen LogP) is 2.49. The van der Waals surface area contributed by atoms with E-state index in [0.717, 1.165) is 0 Å². The van der Waals surface area contributed by atoms with Crippen molar-refractivity contribution < 1.29 is 4.79 Å². The molecule has 56 valence electrons. The summed E-state index contributed by atoms with van der Waals surface area (Å²) in [7, 11) is 0. The molecule has 0 fully saturated rings. The summed E-state index contributed by atoms with van der Waals surface area (Å²) in [5, 5.41) is 0. The predicted molar refractivity (Wildman–Crippen MR) is 43.9 cm³/mol. The molecule has 1 aliphatic rings. The smallest absolute Gasteiger partial charge is 0.106 e. The summed E-state index contributed by atoms with van der Waals surface area (Å²) in [5.41, 5.74) is 3.02. The van der Waals surface area contributed by atoms with E-state index >= 15 is 0 Å². The zero-order valence-corrected chi connectivity index (χ0v) is 6.68. The third-order valence-electron chi connectivity index (χ3n) is 1.57. The van der Waals surface area contributed by atoms with E-state index in [-0.39, 0.29) is 0 Å². The zero-order chi connectivity index (χ0) is 7.98. The SMILES string of the molecule is C=O.CC1=CC=C(C)CC1. The molecule has 0 saturated carbocycles. The van der Waals surface area contributed by atoms with Crippen molar-refractivity contribution in [2.45, 2.75) is 26.7 Å². The largest absolute Gasteiger partial charge is 0.307 e. The van der Waals surface area contributed by atoms with Gasteiger partial charge in [-0.1, -0.05) is 23.3 Å². The highest BCUT2D eigenvalue weighted by Gasteiger charge is 1.95. The van der Waals surface area contributed by atoms with E-state index in [9.17, 15) is 0 Å². The fourth-order valence-electron chi connectivity index (χ4n) is 0.846. The van der Waals surface area contributed by atoms with Crippen LogP contribution in [0.2, 0.25) is 0 Å². The second kappa shape index (κ2) is 4.98. The Balaban J connectivity index is 0.000000371. The minimum Gasteiger partial charge on any atom is -0.307 e. The van der Waals surface area contributed by atoms with Gasteiger partial charge in [-0.3, -0.25) is 0 Å². The van der Waals surface area contributed by atoms with E-state index in [2.05, 4.69) is 26.0 Å². The van der Waals surface area contributed by atoms with Gasteiger partial charge in [0.15, 0.2) is 0 Å². The minimum absolute atomic E-state index is 1.27. The van der Waals surface area contributed by atoms with Gasteiger partial charge in [0.25, 0.3) is 0 Å². The van der Waals surface area contributed by atoms with E-state index in [4.69, 9.17) is 4.79 Å². The first-order valence-corrected chi connectivity index (χ1v) is 3.41. The van der Waals surface area contributed by atoms with Crippen molar-refractivity contribution in [3.8, 4) is 0 Å². The molecule has 1 rings (SSSR count). The highest BCUT2D eigenvalue weighted by atomic mass is 16.1. The van der Waals surface area contributed by atoms with Crippen molar-refractivity contribution in [1.29, 1.82) is 0 Å². The third kappa shape index (κ3) is 3.23. The molecule has 0 saturated heterocycles. The quantitative estimate of drug-likeness (QED) is 0.502. The molecule has 0 unspecified atom stereocenters. The molecule has 0 atom stereocenters. The van der Waals surface area contributed by atoms with Crippen LogP contribution in [0.5, 0.6) is 0 Å². The molecule has 0 spiro atoms. The third-order valence-corrected chi connectivity index (χ3v) is 1.57. The Morgan fingerprint density at radius 2 is 1.40 bits per heavy atom. The molecule has 0 aromatic carbocycles. The average Bonchev–Trinajstić information content (AvgIpc) is 2.00. The second-order valence-corrected chi connectivity index (χ2v) is 2.53. The molecular formula is C9H14O. The first kappa shape index (κ1) is 9.15. The number of carbonyl (C=O) groups excluding carboxylic acids is 1. The maximum atomic E-state index is 8.00. The van der Waals surface area contributed by atoms with E-state index in [0.29, 0.717) is 0 Å². The minimum atomic E-state index is 1.27. The van der Waals surface area contributed by atoms with Gasteiger partial charge < -0.3 is 4.79 Å². The molecule has 0 aromatic heterocycles. The molecule has 0 aromatic rings. The van der Waals surface area contributed by atoms with Crippen LogP contribution >= 0.6 is 0 Å². The van der Waals surface area contributed by atoms with Crippen LogP contribution in [-0.4, -0.2) is 6.79 Å². The Hall–Kier alpha value is -0.850. The van der Waals surface area contributed by atoms with Gasteiger partial charge in [0, 0.05) is 0 Å². The summed E-state index contributed by atoms with van der Waals surface area (Å²) in [4.78, 5) is 8.00.